The second kappa shape index (κ2) is 3.84. The maximum absolute atomic E-state index is 13.1. The number of hydrogen-bond donors (Lipinski definition) is 1. The summed E-state index contributed by atoms with van der Waals surface area (Å²) in [7, 11) is 0. The molecule has 1 aliphatic carbocycles. The lowest BCUT2D eigenvalue weighted by atomic mass is 9.77. The summed E-state index contributed by atoms with van der Waals surface area (Å²) in [6.45, 7) is 0. The van der Waals surface area contributed by atoms with Gasteiger partial charge in [0.25, 0.3) is 5.89 Å². The van der Waals surface area contributed by atoms with Gasteiger partial charge in [0.05, 0.1) is 5.54 Å². The average molecular weight is 251 g/mol. The zero-order valence-electron chi connectivity index (χ0n) is 9.49. The molecule has 1 aromatic heterocycles. The summed E-state index contributed by atoms with van der Waals surface area (Å²) in [5.41, 5.74) is 5.87. The molecular formula is C12H11F2N3O. The number of benzene rings is 1. The van der Waals surface area contributed by atoms with E-state index >= 15 is 0 Å². The van der Waals surface area contributed by atoms with Gasteiger partial charge in [0.2, 0.25) is 0 Å². The number of nitrogens with zero attached hydrogens (tertiary/aromatic N) is 2. The Morgan fingerprint density at radius 2 is 2.00 bits per heavy atom. The number of aromatic nitrogens is 2. The first-order valence-corrected chi connectivity index (χ1v) is 5.67. The largest absolute Gasteiger partial charge is 0.334 e. The third-order valence-corrected chi connectivity index (χ3v) is 3.28. The molecule has 2 aromatic rings. The Morgan fingerprint density at radius 3 is 2.61 bits per heavy atom. The maximum Gasteiger partial charge on any atom is 0.258 e. The van der Waals surface area contributed by atoms with Crippen molar-refractivity contribution in [2.75, 3.05) is 0 Å². The minimum Gasteiger partial charge on any atom is -0.334 e. The number of halogens is 2. The quantitative estimate of drug-likeness (QED) is 0.889. The molecule has 0 saturated heterocycles. The van der Waals surface area contributed by atoms with Gasteiger partial charge in [-0.3, -0.25) is 0 Å². The molecule has 0 aliphatic heterocycles. The van der Waals surface area contributed by atoms with Crippen molar-refractivity contribution in [1.82, 2.24) is 10.1 Å². The molecule has 94 valence electrons. The molecule has 1 heterocycles. The van der Waals surface area contributed by atoms with Crippen molar-refractivity contribution in [3.63, 3.8) is 0 Å². The molecule has 1 aliphatic rings. The van der Waals surface area contributed by atoms with Crippen LogP contribution in [0.1, 0.15) is 25.1 Å². The van der Waals surface area contributed by atoms with E-state index in [0.29, 0.717) is 11.4 Å². The van der Waals surface area contributed by atoms with E-state index in [1.165, 1.54) is 6.07 Å². The summed E-state index contributed by atoms with van der Waals surface area (Å²) in [5, 5.41) is 3.81. The topological polar surface area (TPSA) is 64.9 Å². The monoisotopic (exact) mass is 251 g/mol. The van der Waals surface area contributed by atoms with Crippen LogP contribution < -0.4 is 5.73 Å². The van der Waals surface area contributed by atoms with Crippen LogP contribution in [0.3, 0.4) is 0 Å². The standard InChI is InChI=1S/C12H11F2N3O/c13-8-3-2-7(6-9(8)14)10-16-11(17-18-10)12(15)4-1-5-12/h2-3,6H,1,4-5,15H2. The molecule has 0 unspecified atom stereocenters. The molecule has 1 aromatic carbocycles. The van der Waals surface area contributed by atoms with Gasteiger partial charge in [0, 0.05) is 5.56 Å². The van der Waals surface area contributed by atoms with Crippen LogP contribution in [0.2, 0.25) is 0 Å². The predicted molar refractivity (Wildman–Crippen MR) is 59.4 cm³/mol. The van der Waals surface area contributed by atoms with Gasteiger partial charge in [-0.15, -0.1) is 0 Å². The SMILES string of the molecule is NC1(c2noc(-c3ccc(F)c(F)c3)n2)CCC1. The second-order valence-corrected chi connectivity index (χ2v) is 4.56. The number of hydrogen-bond acceptors (Lipinski definition) is 4. The van der Waals surface area contributed by atoms with E-state index in [4.69, 9.17) is 10.3 Å². The van der Waals surface area contributed by atoms with E-state index in [9.17, 15) is 8.78 Å². The summed E-state index contributed by atoms with van der Waals surface area (Å²) in [6, 6.07) is 3.44. The molecule has 6 heteroatoms. The lowest BCUT2D eigenvalue weighted by Gasteiger charge is -2.34. The highest BCUT2D eigenvalue weighted by molar-refractivity contribution is 5.52. The highest BCUT2D eigenvalue weighted by atomic mass is 19.2. The van der Waals surface area contributed by atoms with Gasteiger partial charge in [-0.05, 0) is 37.5 Å². The molecule has 3 rings (SSSR count). The minimum atomic E-state index is -0.946. The smallest absolute Gasteiger partial charge is 0.258 e. The average Bonchev–Trinajstić information content (AvgIpc) is 2.79. The zero-order valence-corrected chi connectivity index (χ0v) is 9.49. The first kappa shape index (κ1) is 11.3. The van der Waals surface area contributed by atoms with E-state index in [1.807, 2.05) is 0 Å². The summed E-state index contributed by atoms with van der Waals surface area (Å²) >= 11 is 0. The fraction of sp³-hybridized carbons (Fsp3) is 0.333. The van der Waals surface area contributed by atoms with E-state index in [1.54, 1.807) is 0 Å². The van der Waals surface area contributed by atoms with Crippen molar-refractivity contribution in [1.29, 1.82) is 0 Å². The molecule has 0 atom stereocenters. The molecule has 1 fully saturated rings. The van der Waals surface area contributed by atoms with Crippen LogP contribution >= 0.6 is 0 Å². The number of rotatable bonds is 2. The van der Waals surface area contributed by atoms with Crippen molar-refractivity contribution >= 4 is 0 Å². The Hall–Kier alpha value is -1.82. The molecule has 0 radical (unpaired) electrons. The number of nitrogens with two attached hydrogens (primary N) is 1. The Labute approximate surface area is 102 Å². The predicted octanol–water partition coefficient (Wildman–Crippen LogP) is 2.35. The summed E-state index contributed by atoms with van der Waals surface area (Å²) < 4.78 is 30.9. The lowest BCUT2D eigenvalue weighted by Crippen LogP contribution is -2.44. The highest BCUT2D eigenvalue weighted by Crippen LogP contribution is 2.37. The second-order valence-electron chi connectivity index (χ2n) is 4.56. The van der Waals surface area contributed by atoms with Crippen molar-refractivity contribution in [2.45, 2.75) is 24.8 Å². The van der Waals surface area contributed by atoms with Crippen molar-refractivity contribution in [2.24, 2.45) is 5.73 Å². The van der Waals surface area contributed by atoms with Gasteiger partial charge in [-0.25, -0.2) is 8.78 Å². The van der Waals surface area contributed by atoms with Crippen LogP contribution in [0.25, 0.3) is 11.5 Å². The lowest BCUT2D eigenvalue weighted by molar-refractivity contribution is 0.229. The van der Waals surface area contributed by atoms with Crippen LogP contribution in [0.4, 0.5) is 8.78 Å². The minimum absolute atomic E-state index is 0.153. The first-order chi connectivity index (χ1) is 8.58. The summed E-state index contributed by atoms with van der Waals surface area (Å²) in [6.07, 6.45) is 2.65. The van der Waals surface area contributed by atoms with Crippen LogP contribution in [-0.2, 0) is 5.54 Å². The summed E-state index contributed by atoms with van der Waals surface area (Å²) in [5.74, 6) is -1.28. The van der Waals surface area contributed by atoms with Gasteiger partial charge >= 0.3 is 0 Å². The molecule has 0 bridgehead atoms. The Morgan fingerprint density at radius 1 is 1.22 bits per heavy atom. The first-order valence-electron chi connectivity index (χ1n) is 5.67. The third-order valence-electron chi connectivity index (χ3n) is 3.28. The van der Waals surface area contributed by atoms with Crippen molar-refractivity contribution in [3.05, 3.63) is 35.7 Å². The van der Waals surface area contributed by atoms with Crippen LogP contribution in [-0.4, -0.2) is 10.1 Å². The molecule has 2 N–H and O–H groups in total. The maximum atomic E-state index is 13.1. The fourth-order valence-electron chi connectivity index (χ4n) is 1.95. The fourth-order valence-corrected chi connectivity index (χ4v) is 1.95. The normalized spacial score (nSPS) is 17.5. The molecule has 18 heavy (non-hydrogen) atoms. The van der Waals surface area contributed by atoms with Gasteiger partial charge in [0.15, 0.2) is 17.5 Å². The van der Waals surface area contributed by atoms with E-state index in [0.717, 1.165) is 31.4 Å². The van der Waals surface area contributed by atoms with Crippen molar-refractivity contribution < 1.29 is 13.3 Å². The molecule has 0 amide bonds. The Bertz CT molecular complexity index is 593. The molecule has 1 saturated carbocycles. The third kappa shape index (κ3) is 1.69. The van der Waals surface area contributed by atoms with Gasteiger partial charge in [0.1, 0.15) is 0 Å². The van der Waals surface area contributed by atoms with E-state index in [-0.39, 0.29) is 5.89 Å². The molecular weight excluding hydrogens is 240 g/mol. The Balaban J connectivity index is 1.95. The van der Waals surface area contributed by atoms with Crippen LogP contribution in [0.15, 0.2) is 22.7 Å². The zero-order chi connectivity index (χ0) is 12.8. The van der Waals surface area contributed by atoms with Gasteiger partial charge in [-0.1, -0.05) is 5.16 Å². The van der Waals surface area contributed by atoms with Gasteiger partial charge < -0.3 is 10.3 Å². The Kier molecular flexibility index (Phi) is 2.41. The van der Waals surface area contributed by atoms with E-state index < -0.39 is 17.2 Å². The van der Waals surface area contributed by atoms with E-state index in [2.05, 4.69) is 10.1 Å². The summed E-state index contributed by atoms with van der Waals surface area (Å²) in [4.78, 5) is 4.15. The highest BCUT2D eigenvalue weighted by Gasteiger charge is 2.39. The van der Waals surface area contributed by atoms with Crippen molar-refractivity contribution in [3.8, 4) is 11.5 Å². The van der Waals surface area contributed by atoms with Crippen LogP contribution in [0, 0.1) is 11.6 Å². The van der Waals surface area contributed by atoms with Crippen LogP contribution in [0.5, 0.6) is 0 Å². The molecule has 4 nitrogen and oxygen atoms in total. The van der Waals surface area contributed by atoms with Gasteiger partial charge in [-0.2, -0.15) is 4.98 Å². The molecule has 0 spiro atoms.